The second kappa shape index (κ2) is 5.83. The lowest BCUT2D eigenvalue weighted by atomic mass is 9.99. The zero-order chi connectivity index (χ0) is 13.8. The molecule has 0 bridgehead atoms. The Labute approximate surface area is 117 Å². The first kappa shape index (κ1) is 12.8. The predicted molar refractivity (Wildman–Crippen MR) is 75.1 cm³/mol. The molecule has 0 radical (unpaired) electrons. The SMILES string of the molecule is O=C(CCn1ccnn1)Nc1cccc2c1CNCC2. The third-order valence-corrected chi connectivity index (χ3v) is 3.46. The fourth-order valence-electron chi connectivity index (χ4n) is 2.41. The molecule has 0 saturated heterocycles. The predicted octanol–water partition coefficient (Wildman–Crippen LogP) is 0.953. The summed E-state index contributed by atoms with van der Waals surface area (Å²) in [6, 6.07) is 6.08. The van der Waals surface area contributed by atoms with Gasteiger partial charge in [0.15, 0.2) is 0 Å². The van der Waals surface area contributed by atoms with Crippen LogP contribution in [0, 0.1) is 0 Å². The number of amides is 1. The van der Waals surface area contributed by atoms with Crippen molar-refractivity contribution < 1.29 is 4.79 Å². The first-order valence-corrected chi connectivity index (χ1v) is 6.78. The van der Waals surface area contributed by atoms with Crippen molar-refractivity contribution in [2.75, 3.05) is 11.9 Å². The molecular formula is C14H17N5O. The van der Waals surface area contributed by atoms with E-state index in [-0.39, 0.29) is 5.91 Å². The molecule has 1 aliphatic rings. The number of carbonyl (C=O) groups is 1. The number of nitrogens with zero attached hydrogens (tertiary/aromatic N) is 3. The van der Waals surface area contributed by atoms with E-state index in [2.05, 4.69) is 27.0 Å². The molecule has 0 aliphatic carbocycles. The van der Waals surface area contributed by atoms with Crippen molar-refractivity contribution in [1.29, 1.82) is 0 Å². The van der Waals surface area contributed by atoms with Crippen LogP contribution in [0.3, 0.4) is 0 Å². The molecule has 0 spiro atoms. The molecule has 6 nitrogen and oxygen atoms in total. The van der Waals surface area contributed by atoms with Crippen LogP contribution in [-0.2, 0) is 24.3 Å². The highest BCUT2D eigenvalue weighted by molar-refractivity contribution is 5.91. The average molecular weight is 271 g/mol. The van der Waals surface area contributed by atoms with E-state index in [0.29, 0.717) is 13.0 Å². The van der Waals surface area contributed by atoms with Crippen LogP contribution >= 0.6 is 0 Å². The van der Waals surface area contributed by atoms with Gasteiger partial charge in [0.25, 0.3) is 0 Å². The largest absolute Gasteiger partial charge is 0.326 e. The van der Waals surface area contributed by atoms with Gasteiger partial charge in [-0.2, -0.15) is 0 Å². The second-order valence-corrected chi connectivity index (χ2v) is 4.83. The van der Waals surface area contributed by atoms with E-state index in [1.807, 2.05) is 12.1 Å². The van der Waals surface area contributed by atoms with Crippen molar-refractivity contribution in [3.63, 3.8) is 0 Å². The molecular weight excluding hydrogens is 254 g/mol. The first-order valence-electron chi connectivity index (χ1n) is 6.78. The van der Waals surface area contributed by atoms with Crippen LogP contribution in [0.2, 0.25) is 0 Å². The minimum Gasteiger partial charge on any atom is -0.326 e. The second-order valence-electron chi connectivity index (χ2n) is 4.83. The van der Waals surface area contributed by atoms with Crippen molar-refractivity contribution in [1.82, 2.24) is 20.3 Å². The van der Waals surface area contributed by atoms with E-state index in [9.17, 15) is 4.79 Å². The summed E-state index contributed by atoms with van der Waals surface area (Å²) in [4.78, 5) is 12.0. The minimum atomic E-state index is -0.000488. The Morgan fingerprint density at radius 3 is 3.25 bits per heavy atom. The van der Waals surface area contributed by atoms with Crippen LogP contribution in [0.15, 0.2) is 30.6 Å². The summed E-state index contributed by atoms with van der Waals surface area (Å²) in [6.45, 7) is 2.35. The highest BCUT2D eigenvalue weighted by atomic mass is 16.1. The van der Waals surface area contributed by atoms with Crippen LogP contribution in [-0.4, -0.2) is 27.4 Å². The average Bonchev–Trinajstić information content (AvgIpc) is 2.99. The van der Waals surface area contributed by atoms with Gasteiger partial charge in [0.05, 0.1) is 12.7 Å². The fraction of sp³-hybridized carbons (Fsp3) is 0.357. The molecule has 20 heavy (non-hydrogen) atoms. The number of benzene rings is 1. The number of aryl methyl sites for hydroxylation is 1. The molecule has 104 valence electrons. The van der Waals surface area contributed by atoms with Crippen LogP contribution in [0.25, 0.3) is 0 Å². The summed E-state index contributed by atoms with van der Waals surface area (Å²) < 4.78 is 1.65. The van der Waals surface area contributed by atoms with Crippen LogP contribution in [0.5, 0.6) is 0 Å². The Kier molecular flexibility index (Phi) is 3.73. The van der Waals surface area contributed by atoms with Crippen LogP contribution < -0.4 is 10.6 Å². The van der Waals surface area contributed by atoms with Gasteiger partial charge in [0.2, 0.25) is 5.91 Å². The van der Waals surface area contributed by atoms with E-state index >= 15 is 0 Å². The summed E-state index contributed by atoms with van der Waals surface area (Å²) in [6.07, 6.45) is 4.76. The van der Waals surface area contributed by atoms with E-state index < -0.39 is 0 Å². The molecule has 2 aromatic rings. The molecule has 1 aromatic heterocycles. The first-order chi connectivity index (χ1) is 9.83. The quantitative estimate of drug-likeness (QED) is 0.868. The van der Waals surface area contributed by atoms with Gasteiger partial charge in [-0.05, 0) is 30.2 Å². The summed E-state index contributed by atoms with van der Waals surface area (Å²) in [5.74, 6) is -0.000488. The number of hydrogen-bond acceptors (Lipinski definition) is 4. The van der Waals surface area contributed by atoms with E-state index in [0.717, 1.165) is 25.2 Å². The molecule has 6 heteroatoms. The van der Waals surface area contributed by atoms with Crippen molar-refractivity contribution in [2.24, 2.45) is 0 Å². The Bertz CT molecular complexity index is 594. The molecule has 0 unspecified atom stereocenters. The maximum Gasteiger partial charge on any atom is 0.226 e. The monoisotopic (exact) mass is 271 g/mol. The fourth-order valence-corrected chi connectivity index (χ4v) is 2.41. The van der Waals surface area contributed by atoms with Gasteiger partial charge in [-0.15, -0.1) is 5.10 Å². The number of hydrogen-bond donors (Lipinski definition) is 2. The topological polar surface area (TPSA) is 71.8 Å². The zero-order valence-corrected chi connectivity index (χ0v) is 11.2. The number of carbonyl (C=O) groups excluding carboxylic acids is 1. The Morgan fingerprint density at radius 2 is 2.40 bits per heavy atom. The molecule has 1 aliphatic heterocycles. The van der Waals surface area contributed by atoms with E-state index in [1.165, 1.54) is 11.1 Å². The third kappa shape index (κ3) is 2.85. The van der Waals surface area contributed by atoms with Crippen molar-refractivity contribution in [3.8, 4) is 0 Å². The van der Waals surface area contributed by atoms with Gasteiger partial charge in [-0.3, -0.25) is 9.48 Å². The van der Waals surface area contributed by atoms with E-state index in [1.54, 1.807) is 17.1 Å². The molecule has 2 N–H and O–H groups in total. The Morgan fingerprint density at radius 1 is 1.45 bits per heavy atom. The molecule has 1 aromatic carbocycles. The van der Waals surface area contributed by atoms with Gasteiger partial charge < -0.3 is 10.6 Å². The molecule has 0 atom stereocenters. The van der Waals surface area contributed by atoms with Gasteiger partial charge in [-0.1, -0.05) is 17.3 Å². The standard InChI is InChI=1S/C14H17N5O/c20-14(5-8-19-9-7-16-18-19)17-13-3-1-2-11-4-6-15-10-12(11)13/h1-3,7,9,15H,4-6,8,10H2,(H,17,20). The van der Waals surface area contributed by atoms with Gasteiger partial charge >= 0.3 is 0 Å². The summed E-state index contributed by atoms with van der Waals surface area (Å²) in [5, 5.41) is 13.9. The lowest BCUT2D eigenvalue weighted by Gasteiger charge is -2.20. The summed E-state index contributed by atoms with van der Waals surface area (Å²) in [7, 11) is 0. The highest BCUT2D eigenvalue weighted by Crippen LogP contribution is 2.22. The summed E-state index contributed by atoms with van der Waals surface area (Å²) >= 11 is 0. The molecule has 0 fully saturated rings. The van der Waals surface area contributed by atoms with Gasteiger partial charge in [0.1, 0.15) is 0 Å². The van der Waals surface area contributed by atoms with Crippen molar-refractivity contribution >= 4 is 11.6 Å². The Hall–Kier alpha value is -2.21. The molecule has 0 saturated carbocycles. The van der Waals surface area contributed by atoms with Crippen molar-refractivity contribution in [3.05, 3.63) is 41.7 Å². The van der Waals surface area contributed by atoms with Crippen LogP contribution in [0.1, 0.15) is 17.5 Å². The lowest BCUT2D eigenvalue weighted by molar-refractivity contribution is -0.116. The normalized spacial score (nSPS) is 13.8. The maximum absolute atomic E-state index is 12.0. The number of nitrogens with one attached hydrogen (secondary N) is 2. The summed E-state index contributed by atoms with van der Waals surface area (Å²) in [5.41, 5.74) is 3.43. The molecule has 1 amide bonds. The number of rotatable bonds is 4. The zero-order valence-electron chi connectivity index (χ0n) is 11.2. The Balaban J connectivity index is 1.64. The van der Waals surface area contributed by atoms with Crippen molar-refractivity contribution in [2.45, 2.75) is 25.9 Å². The molecule has 2 heterocycles. The highest BCUT2D eigenvalue weighted by Gasteiger charge is 2.13. The van der Waals surface area contributed by atoms with Gasteiger partial charge in [0, 0.05) is 24.8 Å². The van der Waals surface area contributed by atoms with Crippen LogP contribution in [0.4, 0.5) is 5.69 Å². The molecule has 3 rings (SSSR count). The number of aromatic nitrogens is 3. The van der Waals surface area contributed by atoms with E-state index in [4.69, 9.17) is 0 Å². The maximum atomic E-state index is 12.0. The third-order valence-electron chi connectivity index (χ3n) is 3.46. The number of fused-ring (bicyclic) bond motifs is 1. The number of anilines is 1. The van der Waals surface area contributed by atoms with Gasteiger partial charge in [-0.25, -0.2) is 0 Å². The minimum absolute atomic E-state index is 0.000488. The smallest absolute Gasteiger partial charge is 0.226 e. The lowest BCUT2D eigenvalue weighted by Crippen LogP contribution is -2.25.